The van der Waals surface area contributed by atoms with Crippen LogP contribution in [0, 0.1) is 6.92 Å². The topological polar surface area (TPSA) is 75.1 Å². The number of aromatic amines is 1. The summed E-state index contributed by atoms with van der Waals surface area (Å²) in [5, 5.41) is 6.07. The van der Waals surface area contributed by atoms with Gasteiger partial charge in [-0.15, -0.1) is 0 Å². The van der Waals surface area contributed by atoms with Gasteiger partial charge in [-0.3, -0.25) is 9.89 Å². The minimum Gasteiger partial charge on any atom is -0.308 e. The van der Waals surface area contributed by atoms with Gasteiger partial charge in [0.15, 0.2) is 0 Å². The van der Waals surface area contributed by atoms with Crippen LogP contribution in [-0.2, 0) is 5.54 Å². The molecule has 16 heavy (non-hydrogen) atoms. The number of aromatic nitrogens is 4. The number of hydrogen-bond donors (Lipinski definition) is 2. The van der Waals surface area contributed by atoms with Gasteiger partial charge in [-0.2, -0.15) is 9.50 Å². The number of rotatable bonds is 2. The summed E-state index contributed by atoms with van der Waals surface area (Å²) < 4.78 is 1.35. The summed E-state index contributed by atoms with van der Waals surface area (Å²) in [6.45, 7) is 5.73. The smallest absolute Gasteiger partial charge is 0.274 e. The first-order valence-electron chi connectivity index (χ1n) is 5.10. The third kappa shape index (κ3) is 1.61. The van der Waals surface area contributed by atoms with E-state index in [0.717, 1.165) is 0 Å². The third-order valence-corrected chi connectivity index (χ3v) is 2.68. The molecule has 0 saturated heterocycles. The van der Waals surface area contributed by atoms with Gasteiger partial charge in [0, 0.05) is 11.8 Å². The molecule has 0 spiro atoms. The average molecular weight is 221 g/mol. The lowest BCUT2D eigenvalue weighted by molar-refractivity contribution is 0.417. The van der Waals surface area contributed by atoms with E-state index in [1.807, 2.05) is 20.9 Å². The molecule has 6 nitrogen and oxygen atoms in total. The van der Waals surface area contributed by atoms with E-state index in [1.165, 1.54) is 10.6 Å². The van der Waals surface area contributed by atoms with Crippen LogP contribution in [0.3, 0.4) is 0 Å². The van der Waals surface area contributed by atoms with Crippen LogP contribution < -0.4 is 10.9 Å². The van der Waals surface area contributed by atoms with Crippen molar-refractivity contribution in [2.45, 2.75) is 26.3 Å². The second-order valence-electron chi connectivity index (χ2n) is 4.32. The Kier molecular flexibility index (Phi) is 2.31. The molecule has 0 radical (unpaired) electrons. The molecular formula is C10H15N5O. The first-order chi connectivity index (χ1) is 7.44. The normalized spacial score (nSPS) is 12.2. The molecule has 0 atom stereocenters. The molecule has 0 saturated carbocycles. The fourth-order valence-electron chi connectivity index (χ4n) is 1.39. The van der Waals surface area contributed by atoms with Crippen molar-refractivity contribution in [3.05, 3.63) is 27.9 Å². The number of nitrogens with zero attached hydrogens (tertiary/aromatic N) is 3. The van der Waals surface area contributed by atoms with Gasteiger partial charge in [0.05, 0.1) is 5.54 Å². The number of aryl methyl sites for hydroxylation is 1. The summed E-state index contributed by atoms with van der Waals surface area (Å²) in [7, 11) is 1.84. The first-order valence-corrected chi connectivity index (χ1v) is 5.10. The second kappa shape index (κ2) is 3.41. The van der Waals surface area contributed by atoms with Crippen LogP contribution in [-0.4, -0.2) is 26.6 Å². The summed E-state index contributed by atoms with van der Waals surface area (Å²) in [5.74, 6) is 1.09. The Labute approximate surface area is 92.7 Å². The monoisotopic (exact) mass is 221 g/mol. The average Bonchev–Trinajstić information content (AvgIpc) is 2.62. The fourth-order valence-corrected chi connectivity index (χ4v) is 1.39. The van der Waals surface area contributed by atoms with Crippen molar-refractivity contribution in [1.29, 1.82) is 0 Å². The zero-order valence-corrected chi connectivity index (χ0v) is 9.83. The van der Waals surface area contributed by atoms with Crippen molar-refractivity contribution in [1.82, 2.24) is 24.9 Å². The van der Waals surface area contributed by atoms with Crippen LogP contribution >= 0.6 is 0 Å². The molecular weight excluding hydrogens is 206 g/mol. The third-order valence-electron chi connectivity index (χ3n) is 2.68. The van der Waals surface area contributed by atoms with Crippen molar-refractivity contribution < 1.29 is 0 Å². The van der Waals surface area contributed by atoms with E-state index in [2.05, 4.69) is 20.4 Å². The van der Waals surface area contributed by atoms with Crippen LogP contribution in [0.2, 0.25) is 0 Å². The molecule has 0 aliphatic heterocycles. The van der Waals surface area contributed by atoms with Gasteiger partial charge in [0.2, 0.25) is 0 Å². The van der Waals surface area contributed by atoms with Crippen molar-refractivity contribution in [2.75, 3.05) is 7.05 Å². The molecule has 0 bridgehead atoms. The van der Waals surface area contributed by atoms with E-state index in [1.54, 1.807) is 6.92 Å². The molecule has 0 aromatic carbocycles. The fraction of sp³-hybridized carbons (Fsp3) is 0.500. The lowest BCUT2D eigenvalue weighted by atomic mass is 10.1. The highest BCUT2D eigenvalue weighted by Gasteiger charge is 2.22. The van der Waals surface area contributed by atoms with Crippen molar-refractivity contribution in [2.24, 2.45) is 0 Å². The van der Waals surface area contributed by atoms with Crippen LogP contribution in [0.1, 0.15) is 25.4 Å². The Morgan fingerprint density at radius 3 is 2.75 bits per heavy atom. The molecule has 0 aliphatic carbocycles. The SMILES string of the molecule is CNC(C)(C)c1nc2nc(C)cc(=O)n2[nH]1. The summed E-state index contributed by atoms with van der Waals surface area (Å²) in [5.41, 5.74) is 0.201. The van der Waals surface area contributed by atoms with Crippen LogP contribution in [0.15, 0.2) is 10.9 Å². The van der Waals surface area contributed by atoms with Gasteiger partial charge in [-0.1, -0.05) is 0 Å². The Bertz CT molecular complexity index is 580. The Morgan fingerprint density at radius 2 is 2.12 bits per heavy atom. The molecule has 0 fully saturated rings. The predicted octanol–water partition coefficient (Wildman–Crippen LogP) is 0.181. The van der Waals surface area contributed by atoms with Crippen molar-refractivity contribution in [3.63, 3.8) is 0 Å². The molecule has 2 aromatic rings. The van der Waals surface area contributed by atoms with E-state index < -0.39 is 0 Å². The first kappa shape index (κ1) is 10.8. The zero-order chi connectivity index (χ0) is 11.9. The maximum atomic E-state index is 11.7. The van der Waals surface area contributed by atoms with E-state index >= 15 is 0 Å². The standard InChI is InChI=1S/C10H15N5O/c1-6-5-7(16)15-9(12-6)13-8(14-15)10(2,3)11-4/h5,11H,1-4H3,(H,12,13,14). The quantitative estimate of drug-likeness (QED) is 0.758. The molecule has 0 unspecified atom stereocenters. The number of H-pyrrole nitrogens is 1. The highest BCUT2D eigenvalue weighted by atomic mass is 16.1. The Morgan fingerprint density at radius 1 is 1.44 bits per heavy atom. The van der Waals surface area contributed by atoms with Gasteiger partial charge in [-0.05, 0) is 27.8 Å². The van der Waals surface area contributed by atoms with Gasteiger partial charge in [0.1, 0.15) is 5.82 Å². The van der Waals surface area contributed by atoms with Gasteiger partial charge < -0.3 is 5.32 Å². The van der Waals surface area contributed by atoms with E-state index in [4.69, 9.17) is 0 Å². The predicted molar refractivity (Wildman–Crippen MR) is 60.4 cm³/mol. The minimum atomic E-state index is -0.325. The van der Waals surface area contributed by atoms with Gasteiger partial charge >= 0.3 is 0 Å². The van der Waals surface area contributed by atoms with E-state index in [9.17, 15) is 4.79 Å². The van der Waals surface area contributed by atoms with Crippen LogP contribution in [0.5, 0.6) is 0 Å². The number of hydrogen-bond acceptors (Lipinski definition) is 4. The molecule has 2 heterocycles. The van der Waals surface area contributed by atoms with E-state index in [0.29, 0.717) is 17.3 Å². The molecule has 2 aromatic heterocycles. The minimum absolute atomic E-state index is 0.145. The largest absolute Gasteiger partial charge is 0.308 e. The molecule has 2 rings (SSSR count). The summed E-state index contributed by atoms with van der Waals surface area (Å²) in [4.78, 5) is 20.2. The second-order valence-corrected chi connectivity index (χ2v) is 4.32. The van der Waals surface area contributed by atoms with Gasteiger partial charge in [-0.25, -0.2) is 4.98 Å². The molecule has 0 amide bonds. The molecule has 6 heteroatoms. The maximum absolute atomic E-state index is 11.7. The highest BCUT2D eigenvalue weighted by molar-refractivity contribution is 5.29. The van der Waals surface area contributed by atoms with Crippen LogP contribution in [0.25, 0.3) is 5.78 Å². The number of nitrogens with one attached hydrogen (secondary N) is 2. The summed E-state index contributed by atoms with van der Waals surface area (Å²) in [6, 6.07) is 1.47. The summed E-state index contributed by atoms with van der Waals surface area (Å²) in [6.07, 6.45) is 0. The zero-order valence-electron chi connectivity index (χ0n) is 9.83. The van der Waals surface area contributed by atoms with E-state index in [-0.39, 0.29) is 11.1 Å². The lowest BCUT2D eigenvalue weighted by Crippen LogP contribution is -2.34. The molecule has 0 aliphatic rings. The Balaban J connectivity index is 2.70. The summed E-state index contributed by atoms with van der Waals surface area (Å²) >= 11 is 0. The molecule has 2 N–H and O–H groups in total. The highest BCUT2D eigenvalue weighted by Crippen LogP contribution is 2.14. The maximum Gasteiger partial charge on any atom is 0.274 e. The van der Waals surface area contributed by atoms with Crippen molar-refractivity contribution in [3.8, 4) is 0 Å². The molecule has 86 valence electrons. The number of fused-ring (bicyclic) bond motifs is 1. The van der Waals surface area contributed by atoms with Gasteiger partial charge in [0.25, 0.3) is 11.3 Å². The van der Waals surface area contributed by atoms with Crippen LogP contribution in [0.4, 0.5) is 0 Å². The van der Waals surface area contributed by atoms with Crippen molar-refractivity contribution >= 4 is 5.78 Å². The lowest BCUT2D eigenvalue weighted by Gasteiger charge is -2.19. The Hall–Kier alpha value is -1.69.